The Morgan fingerprint density at radius 3 is 2.17 bits per heavy atom. The van der Waals surface area contributed by atoms with Gasteiger partial charge in [0.15, 0.2) is 17.4 Å². The first kappa shape index (κ1) is 12.7. The summed E-state index contributed by atoms with van der Waals surface area (Å²) in [7, 11) is 0. The summed E-state index contributed by atoms with van der Waals surface area (Å²) in [5, 5.41) is 8.56. The molecule has 18 heavy (non-hydrogen) atoms. The molecule has 0 amide bonds. The van der Waals surface area contributed by atoms with Gasteiger partial charge in [0.25, 0.3) is 0 Å². The fourth-order valence-electron chi connectivity index (χ4n) is 1.62. The molecule has 2 rings (SSSR count). The van der Waals surface area contributed by atoms with Gasteiger partial charge in [-0.15, -0.1) is 0 Å². The van der Waals surface area contributed by atoms with E-state index in [1.54, 1.807) is 0 Å². The molecule has 0 bridgehead atoms. The molecule has 0 N–H and O–H groups in total. The van der Waals surface area contributed by atoms with Gasteiger partial charge in [-0.05, 0) is 12.8 Å². The zero-order valence-electron chi connectivity index (χ0n) is 9.27. The minimum absolute atomic E-state index is 0.125. The third-order valence-electron chi connectivity index (χ3n) is 3.01. The molecule has 2 nitrogen and oxygen atoms in total. The number of nitriles is 1. The van der Waals surface area contributed by atoms with Gasteiger partial charge < -0.3 is 4.74 Å². The fraction of sp³-hybridized carbons (Fsp3) is 0.417. The van der Waals surface area contributed by atoms with Crippen molar-refractivity contribution in [2.24, 2.45) is 5.41 Å². The lowest BCUT2D eigenvalue weighted by molar-refractivity contribution is 0.211. The van der Waals surface area contributed by atoms with E-state index in [-0.39, 0.29) is 19.1 Å². The molecule has 1 aromatic rings. The molecule has 0 radical (unpaired) electrons. The third kappa shape index (κ3) is 2.26. The predicted molar refractivity (Wildman–Crippen MR) is 53.7 cm³/mol. The van der Waals surface area contributed by atoms with Gasteiger partial charge in [0.2, 0.25) is 11.6 Å². The first-order chi connectivity index (χ1) is 8.49. The third-order valence-corrected chi connectivity index (χ3v) is 3.01. The maximum Gasteiger partial charge on any atom is 0.203 e. The van der Waals surface area contributed by atoms with E-state index in [1.807, 2.05) is 6.07 Å². The van der Waals surface area contributed by atoms with Gasteiger partial charge in [0.1, 0.15) is 0 Å². The Morgan fingerprint density at radius 1 is 1.17 bits per heavy atom. The molecule has 0 atom stereocenters. The first-order valence-electron chi connectivity index (χ1n) is 5.32. The number of halogens is 4. The highest BCUT2D eigenvalue weighted by molar-refractivity contribution is 5.28. The Morgan fingerprint density at radius 2 is 1.72 bits per heavy atom. The Hall–Kier alpha value is -1.77. The molecule has 0 saturated heterocycles. The van der Waals surface area contributed by atoms with Crippen LogP contribution in [0.5, 0.6) is 5.75 Å². The number of rotatable bonds is 4. The SMILES string of the molecule is N#CCC1(COc2c(F)c(F)cc(F)c2F)CC1. The van der Waals surface area contributed by atoms with Crippen molar-refractivity contribution in [1.29, 1.82) is 5.26 Å². The molecule has 1 aliphatic carbocycles. The number of hydrogen-bond donors (Lipinski definition) is 0. The summed E-state index contributed by atoms with van der Waals surface area (Å²) in [4.78, 5) is 0. The number of ether oxygens (including phenoxy) is 1. The summed E-state index contributed by atoms with van der Waals surface area (Å²) in [5.41, 5.74) is -0.434. The van der Waals surface area contributed by atoms with E-state index >= 15 is 0 Å². The van der Waals surface area contributed by atoms with Crippen molar-refractivity contribution in [3.63, 3.8) is 0 Å². The second kappa shape index (κ2) is 4.48. The van der Waals surface area contributed by atoms with E-state index in [0.717, 1.165) is 0 Å². The van der Waals surface area contributed by atoms with Crippen LogP contribution in [0.3, 0.4) is 0 Å². The molecule has 6 heteroatoms. The highest BCUT2D eigenvalue weighted by Gasteiger charge is 2.43. The smallest absolute Gasteiger partial charge is 0.203 e. The maximum absolute atomic E-state index is 13.3. The van der Waals surface area contributed by atoms with Crippen LogP contribution < -0.4 is 4.74 Å². The summed E-state index contributed by atoms with van der Waals surface area (Å²) in [6.45, 7) is -0.128. The Bertz CT molecular complexity index is 494. The van der Waals surface area contributed by atoms with Crippen molar-refractivity contribution in [2.45, 2.75) is 19.3 Å². The zero-order valence-corrected chi connectivity index (χ0v) is 9.27. The largest absolute Gasteiger partial charge is 0.487 e. The Balaban J connectivity index is 2.17. The van der Waals surface area contributed by atoms with Crippen LogP contribution in [0.15, 0.2) is 6.07 Å². The highest BCUT2D eigenvalue weighted by Crippen LogP contribution is 2.49. The topological polar surface area (TPSA) is 33.0 Å². The van der Waals surface area contributed by atoms with Crippen LogP contribution in [0.1, 0.15) is 19.3 Å². The molecule has 0 aliphatic heterocycles. The van der Waals surface area contributed by atoms with Gasteiger partial charge >= 0.3 is 0 Å². The molecule has 1 aromatic carbocycles. The number of nitrogens with zero attached hydrogens (tertiary/aromatic N) is 1. The van der Waals surface area contributed by atoms with Gasteiger partial charge in [0, 0.05) is 17.9 Å². The summed E-state index contributed by atoms with van der Waals surface area (Å²) < 4.78 is 57.1. The van der Waals surface area contributed by atoms with Gasteiger partial charge in [-0.2, -0.15) is 14.0 Å². The van der Waals surface area contributed by atoms with E-state index in [1.165, 1.54) is 0 Å². The second-order valence-electron chi connectivity index (χ2n) is 4.42. The Labute approximate surface area is 101 Å². The zero-order chi connectivity index (χ0) is 13.3. The van der Waals surface area contributed by atoms with Gasteiger partial charge in [-0.25, -0.2) is 8.78 Å². The van der Waals surface area contributed by atoms with Crippen molar-refractivity contribution >= 4 is 0 Å². The van der Waals surface area contributed by atoms with Crippen LogP contribution >= 0.6 is 0 Å². The van der Waals surface area contributed by atoms with E-state index in [9.17, 15) is 17.6 Å². The average Bonchev–Trinajstić information content (AvgIpc) is 3.07. The van der Waals surface area contributed by atoms with Crippen LogP contribution in [0.2, 0.25) is 0 Å². The molecule has 96 valence electrons. The van der Waals surface area contributed by atoms with Gasteiger partial charge in [0.05, 0.1) is 12.7 Å². The van der Waals surface area contributed by atoms with Crippen molar-refractivity contribution in [1.82, 2.24) is 0 Å². The number of benzene rings is 1. The van der Waals surface area contributed by atoms with Crippen molar-refractivity contribution < 1.29 is 22.3 Å². The molecule has 1 aliphatic rings. The Kier molecular flexibility index (Phi) is 3.16. The number of hydrogen-bond acceptors (Lipinski definition) is 2. The molecule has 0 heterocycles. The maximum atomic E-state index is 13.3. The van der Waals surface area contributed by atoms with Crippen LogP contribution in [-0.2, 0) is 0 Å². The summed E-state index contributed by atoms with van der Waals surface area (Å²) >= 11 is 0. The quantitative estimate of drug-likeness (QED) is 0.614. The molecule has 0 aromatic heterocycles. The second-order valence-corrected chi connectivity index (χ2v) is 4.42. The molecule has 0 unspecified atom stereocenters. The van der Waals surface area contributed by atoms with Crippen molar-refractivity contribution in [2.75, 3.05) is 6.61 Å². The lowest BCUT2D eigenvalue weighted by Gasteiger charge is -2.14. The minimum atomic E-state index is -1.55. The molecule has 1 fully saturated rings. The molecule has 0 spiro atoms. The van der Waals surface area contributed by atoms with E-state index in [2.05, 4.69) is 0 Å². The summed E-state index contributed by atoms with van der Waals surface area (Å²) in [5.74, 6) is -7.18. The summed E-state index contributed by atoms with van der Waals surface area (Å²) in [6.07, 6.45) is 1.58. The molecular formula is C12H9F4NO. The van der Waals surface area contributed by atoms with Crippen molar-refractivity contribution in [3.05, 3.63) is 29.3 Å². The minimum Gasteiger partial charge on any atom is -0.487 e. The van der Waals surface area contributed by atoms with E-state index in [4.69, 9.17) is 10.00 Å². The fourth-order valence-corrected chi connectivity index (χ4v) is 1.62. The molecular weight excluding hydrogens is 250 g/mol. The standard InChI is InChI=1S/C12H9F4NO/c13-7-5-8(14)10(16)11(9(7)15)18-6-12(1-2-12)3-4-17/h5H,1-3,6H2. The lowest BCUT2D eigenvalue weighted by Crippen LogP contribution is -2.14. The average molecular weight is 259 g/mol. The lowest BCUT2D eigenvalue weighted by atomic mass is 10.1. The monoisotopic (exact) mass is 259 g/mol. The highest BCUT2D eigenvalue weighted by atomic mass is 19.2. The predicted octanol–water partition coefficient (Wildman–Crippen LogP) is 3.32. The van der Waals surface area contributed by atoms with Crippen LogP contribution in [0.25, 0.3) is 0 Å². The van der Waals surface area contributed by atoms with Gasteiger partial charge in [-0.3, -0.25) is 0 Å². The van der Waals surface area contributed by atoms with Gasteiger partial charge in [-0.1, -0.05) is 0 Å². The summed E-state index contributed by atoms with van der Waals surface area (Å²) in [6, 6.07) is 2.07. The normalized spacial score (nSPS) is 16.2. The first-order valence-corrected chi connectivity index (χ1v) is 5.32. The van der Waals surface area contributed by atoms with Crippen LogP contribution in [0.4, 0.5) is 17.6 Å². The molecule has 1 saturated carbocycles. The van der Waals surface area contributed by atoms with E-state index in [0.29, 0.717) is 12.8 Å². The van der Waals surface area contributed by atoms with Crippen LogP contribution in [-0.4, -0.2) is 6.61 Å². The van der Waals surface area contributed by atoms with Crippen molar-refractivity contribution in [3.8, 4) is 11.8 Å². The van der Waals surface area contributed by atoms with E-state index < -0.39 is 34.4 Å². The van der Waals surface area contributed by atoms with Crippen LogP contribution in [0, 0.1) is 40.0 Å².